The molecule has 0 aliphatic carbocycles. The summed E-state index contributed by atoms with van der Waals surface area (Å²) in [6, 6.07) is 25.7. The van der Waals surface area contributed by atoms with Crippen molar-refractivity contribution in [1.29, 1.82) is 0 Å². The van der Waals surface area contributed by atoms with Gasteiger partial charge in [-0.15, -0.1) is 0 Å². The molecule has 0 amide bonds. The van der Waals surface area contributed by atoms with E-state index in [0.29, 0.717) is 18.9 Å². The highest BCUT2D eigenvalue weighted by atomic mass is 16.5. The molecule has 0 heterocycles. The lowest BCUT2D eigenvalue weighted by atomic mass is 10.00. The number of ether oxygens (including phenoxy) is 2. The van der Waals surface area contributed by atoms with E-state index in [9.17, 15) is 9.90 Å². The van der Waals surface area contributed by atoms with Crippen LogP contribution in [0.15, 0.2) is 78.9 Å². The number of aryl methyl sites for hydroxylation is 1. The van der Waals surface area contributed by atoms with Gasteiger partial charge in [0.15, 0.2) is 0 Å². The van der Waals surface area contributed by atoms with Gasteiger partial charge in [-0.05, 0) is 71.1 Å². The molecular weight excluding hydrogens is 426 g/mol. The fourth-order valence-electron chi connectivity index (χ4n) is 4.15. The summed E-state index contributed by atoms with van der Waals surface area (Å²) in [7, 11) is 1.63. The van der Waals surface area contributed by atoms with Gasteiger partial charge in [0.1, 0.15) is 18.1 Å². The van der Waals surface area contributed by atoms with Crippen molar-refractivity contribution in [1.82, 2.24) is 5.32 Å². The maximum Gasteiger partial charge on any atom is 0.335 e. The van der Waals surface area contributed by atoms with Crippen molar-refractivity contribution in [2.75, 3.05) is 20.3 Å². The highest BCUT2D eigenvalue weighted by Crippen LogP contribution is 2.30. The zero-order chi connectivity index (χ0) is 24.1. The van der Waals surface area contributed by atoms with Crippen LogP contribution in [0.3, 0.4) is 0 Å². The molecule has 2 N–H and O–H groups in total. The third kappa shape index (κ3) is 5.21. The number of carbonyl (C=O) groups is 1. The number of fused-ring (bicyclic) bond motifs is 1. The number of nitrogens with one attached hydrogen (secondary N) is 1. The van der Waals surface area contributed by atoms with Gasteiger partial charge in [-0.3, -0.25) is 0 Å². The minimum Gasteiger partial charge on any atom is -0.496 e. The van der Waals surface area contributed by atoms with Gasteiger partial charge in [0.25, 0.3) is 0 Å². The van der Waals surface area contributed by atoms with E-state index in [4.69, 9.17) is 9.47 Å². The monoisotopic (exact) mass is 455 g/mol. The average molecular weight is 456 g/mol. The number of carboxylic acid groups (broad SMARTS) is 1. The molecule has 0 aliphatic heterocycles. The zero-order valence-electron chi connectivity index (χ0n) is 19.7. The summed E-state index contributed by atoms with van der Waals surface area (Å²) in [5, 5.41) is 15.6. The molecule has 0 aliphatic rings. The molecule has 34 heavy (non-hydrogen) atoms. The first kappa shape index (κ1) is 23.3. The molecule has 174 valence electrons. The van der Waals surface area contributed by atoms with Crippen LogP contribution in [0.25, 0.3) is 21.9 Å². The first-order chi connectivity index (χ1) is 16.5. The van der Waals surface area contributed by atoms with E-state index in [1.54, 1.807) is 19.2 Å². The third-order valence-electron chi connectivity index (χ3n) is 6.01. The first-order valence-corrected chi connectivity index (χ1v) is 11.3. The van der Waals surface area contributed by atoms with Crippen LogP contribution in [0.2, 0.25) is 0 Å². The Morgan fingerprint density at radius 1 is 0.971 bits per heavy atom. The summed E-state index contributed by atoms with van der Waals surface area (Å²) >= 11 is 0. The predicted octanol–water partition coefficient (Wildman–Crippen LogP) is 6.25. The maximum absolute atomic E-state index is 11.7. The standard InChI is InChI=1S/C29H29NO4/c1-19-11-12-22(18-28(19)33-3)23-15-24(29(31)32)17-25(16-23)34-14-13-30-20(2)26-10-6-8-21-7-4-5-9-27(21)26/h4-12,15-18,20,30H,13-14H2,1-3H3,(H,31,32). The van der Waals surface area contributed by atoms with Crippen LogP contribution >= 0.6 is 0 Å². The van der Waals surface area contributed by atoms with Crippen LogP contribution in [0.5, 0.6) is 11.5 Å². The van der Waals surface area contributed by atoms with Crippen molar-refractivity contribution in [3.8, 4) is 22.6 Å². The number of hydrogen-bond donors (Lipinski definition) is 2. The first-order valence-electron chi connectivity index (χ1n) is 11.3. The normalized spacial score (nSPS) is 11.9. The van der Waals surface area contributed by atoms with Gasteiger partial charge in [0.05, 0.1) is 12.7 Å². The van der Waals surface area contributed by atoms with Crippen LogP contribution in [-0.2, 0) is 0 Å². The molecule has 0 radical (unpaired) electrons. The average Bonchev–Trinajstić information content (AvgIpc) is 2.86. The molecule has 4 rings (SSSR count). The zero-order valence-corrected chi connectivity index (χ0v) is 19.7. The predicted molar refractivity (Wildman–Crippen MR) is 136 cm³/mol. The van der Waals surface area contributed by atoms with Crippen LogP contribution in [0.4, 0.5) is 0 Å². The number of hydrogen-bond acceptors (Lipinski definition) is 4. The Morgan fingerprint density at radius 2 is 1.76 bits per heavy atom. The number of benzene rings is 4. The number of methoxy groups -OCH3 is 1. The van der Waals surface area contributed by atoms with E-state index >= 15 is 0 Å². The molecule has 5 nitrogen and oxygen atoms in total. The van der Waals surface area contributed by atoms with Crippen LogP contribution in [0, 0.1) is 6.92 Å². The van der Waals surface area contributed by atoms with Crippen molar-refractivity contribution in [3.05, 3.63) is 95.6 Å². The lowest BCUT2D eigenvalue weighted by Gasteiger charge is -2.17. The minimum atomic E-state index is -0.992. The molecule has 4 aromatic carbocycles. The lowest BCUT2D eigenvalue weighted by molar-refractivity contribution is 0.0696. The molecule has 1 unspecified atom stereocenters. The van der Waals surface area contributed by atoms with Gasteiger partial charge in [-0.1, -0.05) is 54.6 Å². The van der Waals surface area contributed by atoms with Gasteiger partial charge in [0.2, 0.25) is 0 Å². The molecule has 0 fully saturated rings. The molecule has 0 spiro atoms. The molecule has 0 aromatic heterocycles. The maximum atomic E-state index is 11.7. The number of carboxylic acids is 1. The highest BCUT2D eigenvalue weighted by Gasteiger charge is 2.12. The second-order valence-electron chi connectivity index (χ2n) is 8.33. The van der Waals surface area contributed by atoms with E-state index in [1.807, 2.05) is 37.3 Å². The van der Waals surface area contributed by atoms with Crippen LogP contribution in [0.1, 0.15) is 34.5 Å². The Bertz CT molecular complexity index is 1310. The van der Waals surface area contributed by atoms with Crippen LogP contribution < -0.4 is 14.8 Å². The molecule has 0 saturated heterocycles. The third-order valence-corrected chi connectivity index (χ3v) is 6.01. The summed E-state index contributed by atoms with van der Waals surface area (Å²) in [5.74, 6) is 0.287. The molecule has 0 saturated carbocycles. The van der Waals surface area contributed by atoms with Crippen molar-refractivity contribution in [3.63, 3.8) is 0 Å². The Morgan fingerprint density at radius 3 is 2.56 bits per heavy atom. The minimum absolute atomic E-state index is 0.149. The topological polar surface area (TPSA) is 67.8 Å². The molecule has 1 atom stereocenters. The fraction of sp³-hybridized carbons (Fsp3) is 0.207. The van der Waals surface area contributed by atoms with Gasteiger partial charge < -0.3 is 19.9 Å². The quantitative estimate of drug-likeness (QED) is 0.292. The molecule has 4 aromatic rings. The Hall–Kier alpha value is -3.83. The summed E-state index contributed by atoms with van der Waals surface area (Å²) in [6.07, 6.45) is 0. The fourth-order valence-corrected chi connectivity index (χ4v) is 4.15. The Kier molecular flexibility index (Phi) is 7.14. The van der Waals surface area contributed by atoms with Crippen molar-refractivity contribution < 1.29 is 19.4 Å². The molecular formula is C29H29NO4. The second-order valence-corrected chi connectivity index (χ2v) is 8.33. The summed E-state index contributed by atoms with van der Waals surface area (Å²) < 4.78 is 11.4. The van der Waals surface area contributed by atoms with E-state index in [0.717, 1.165) is 22.4 Å². The highest BCUT2D eigenvalue weighted by molar-refractivity contribution is 5.90. The van der Waals surface area contributed by atoms with E-state index in [1.165, 1.54) is 16.3 Å². The number of aromatic carboxylic acids is 1. The van der Waals surface area contributed by atoms with Crippen LogP contribution in [-0.4, -0.2) is 31.3 Å². The van der Waals surface area contributed by atoms with Gasteiger partial charge in [0, 0.05) is 12.6 Å². The smallest absolute Gasteiger partial charge is 0.335 e. The summed E-state index contributed by atoms with van der Waals surface area (Å²) in [5.41, 5.74) is 4.08. The van der Waals surface area contributed by atoms with Gasteiger partial charge >= 0.3 is 5.97 Å². The second kappa shape index (κ2) is 10.4. The summed E-state index contributed by atoms with van der Waals surface area (Å²) in [6.45, 7) is 5.14. The van der Waals surface area contributed by atoms with Crippen molar-refractivity contribution in [2.45, 2.75) is 19.9 Å². The van der Waals surface area contributed by atoms with E-state index in [-0.39, 0.29) is 11.6 Å². The van der Waals surface area contributed by atoms with Gasteiger partial charge in [-0.2, -0.15) is 0 Å². The van der Waals surface area contributed by atoms with Crippen molar-refractivity contribution >= 4 is 16.7 Å². The van der Waals surface area contributed by atoms with E-state index in [2.05, 4.69) is 48.6 Å². The van der Waals surface area contributed by atoms with E-state index < -0.39 is 5.97 Å². The number of rotatable bonds is 9. The largest absolute Gasteiger partial charge is 0.496 e. The van der Waals surface area contributed by atoms with Crippen molar-refractivity contribution in [2.24, 2.45) is 0 Å². The Labute approximate surface area is 200 Å². The Balaban J connectivity index is 1.46. The van der Waals surface area contributed by atoms with Gasteiger partial charge in [-0.25, -0.2) is 4.79 Å². The molecule has 0 bridgehead atoms. The lowest BCUT2D eigenvalue weighted by Crippen LogP contribution is -2.24. The summed E-state index contributed by atoms with van der Waals surface area (Å²) in [4.78, 5) is 11.7. The molecule has 5 heteroatoms. The SMILES string of the molecule is COc1cc(-c2cc(OCCNC(C)c3cccc4ccccc34)cc(C(=O)O)c2)ccc1C.